The molecule has 0 aliphatic carbocycles. The third-order valence-corrected chi connectivity index (χ3v) is 4.08. The summed E-state index contributed by atoms with van der Waals surface area (Å²) in [5.41, 5.74) is 1.26. The number of hydrogen-bond acceptors (Lipinski definition) is 3. The van der Waals surface area contributed by atoms with E-state index in [2.05, 4.69) is 63.3 Å². The van der Waals surface area contributed by atoms with Gasteiger partial charge >= 0.3 is 0 Å². The molecule has 2 rings (SSSR count). The average Bonchev–Trinajstić information content (AvgIpc) is 2.82. The molecule has 0 bridgehead atoms. The largest absolute Gasteiger partial charge is 0.491 e. The van der Waals surface area contributed by atoms with Gasteiger partial charge in [0.1, 0.15) is 5.75 Å². The van der Waals surface area contributed by atoms with Crippen molar-refractivity contribution in [3.05, 3.63) is 51.7 Å². The van der Waals surface area contributed by atoms with Crippen molar-refractivity contribution in [2.24, 2.45) is 0 Å². The van der Waals surface area contributed by atoms with E-state index in [9.17, 15) is 0 Å². The van der Waals surface area contributed by atoms with E-state index in [1.54, 1.807) is 0 Å². The quantitative estimate of drug-likeness (QED) is 0.843. The van der Waals surface area contributed by atoms with Crippen LogP contribution in [0.2, 0.25) is 0 Å². The third kappa shape index (κ3) is 3.84. The highest BCUT2D eigenvalue weighted by Crippen LogP contribution is 2.30. The summed E-state index contributed by atoms with van der Waals surface area (Å²) in [5.74, 6) is 0.939. The molecule has 0 radical (unpaired) electrons. The van der Waals surface area contributed by atoms with Gasteiger partial charge < -0.3 is 10.1 Å². The molecule has 108 valence electrons. The van der Waals surface area contributed by atoms with Crippen molar-refractivity contribution in [1.82, 2.24) is 5.32 Å². The van der Waals surface area contributed by atoms with Crippen LogP contribution in [0.5, 0.6) is 5.75 Å². The van der Waals surface area contributed by atoms with Gasteiger partial charge in [0.05, 0.1) is 12.1 Å². The molecule has 0 fully saturated rings. The standard InChI is InChI=1S/C17H23NOS/c1-5-18-17(16-10-9-13(4)20-16)14-7-6-8-15(11-14)19-12(2)3/h6-12,17-18H,5H2,1-4H3. The molecule has 1 aromatic heterocycles. The highest BCUT2D eigenvalue weighted by molar-refractivity contribution is 7.12. The number of aryl methyl sites for hydroxylation is 1. The maximum atomic E-state index is 5.80. The zero-order valence-corrected chi connectivity index (χ0v) is 13.5. The first-order chi connectivity index (χ1) is 9.60. The van der Waals surface area contributed by atoms with Crippen LogP contribution in [-0.2, 0) is 0 Å². The van der Waals surface area contributed by atoms with E-state index in [-0.39, 0.29) is 12.1 Å². The van der Waals surface area contributed by atoms with Gasteiger partial charge in [0.25, 0.3) is 0 Å². The third-order valence-electron chi connectivity index (χ3n) is 3.02. The summed E-state index contributed by atoms with van der Waals surface area (Å²) < 4.78 is 5.80. The summed E-state index contributed by atoms with van der Waals surface area (Å²) in [5, 5.41) is 3.56. The number of rotatable bonds is 6. The molecule has 0 saturated heterocycles. The van der Waals surface area contributed by atoms with Crippen molar-refractivity contribution in [3.63, 3.8) is 0 Å². The summed E-state index contributed by atoms with van der Waals surface area (Å²) in [6, 6.07) is 13.0. The Morgan fingerprint density at radius 3 is 2.60 bits per heavy atom. The lowest BCUT2D eigenvalue weighted by Crippen LogP contribution is -2.21. The Balaban J connectivity index is 2.29. The Morgan fingerprint density at radius 2 is 2.00 bits per heavy atom. The summed E-state index contributed by atoms with van der Waals surface area (Å²) in [6.45, 7) is 9.34. The maximum absolute atomic E-state index is 5.80. The van der Waals surface area contributed by atoms with Gasteiger partial charge in [-0.05, 0) is 57.1 Å². The number of benzene rings is 1. The van der Waals surface area contributed by atoms with E-state index in [0.29, 0.717) is 0 Å². The molecule has 0 spiro atoms. The van der Waals surface area contributed by atoms with Gasteiger partial charge in [-0.2, -0.15) is 0 Å². The van der Waals surface area contributed by atoms with Crippen LogP contribution in [-0.4, -0.2) is 12.6 Å². The van der Waals surface area contributed by atoms with E-state index in [4.69, 9.17) is 4.74 Å². The molecule has 2 aromatic rings. The van der Waals surface area contributed by atoms with Crippen LogP contribution in [0.4, 0.5) is 0 Å². The van der Waals surface area contributed by atoms with Gasteiger partial charge in [0.2, 0.25) is 0 Å². The second-order valence-corrected chi connectivity index (χ2v) is 6.50. The first-order valence-electron chi connectivity index (χ1n) is 7.16. The molecular weight excluding hydrogens is 266 g/mol. The molecule has 2 nitrogen and oxygen atoms in total. The second kappa shape index (κ2) is 6.91. The van der Waals surface area contributed by atoms with Crippen LogP contribution in [0.1, 0.15) is 42.1 Å². The predicted molar refractivity (Wildman–Crippen MR) is 86.8 cm³/mol. The zero-order chi connectivity index (χ0) is 14.5. The monoisotopic (exact) mass is 289 g/mol. The van der Waals surface area contributed by atoms with Crippen molar-refractivity contribution < 1.29 is 4.74 Å². The average molecular weight is 289 g/mol. The van der Waals surface area contributed by atoms with Gasteiger partial charge in [-0.1, -0.05) is 19.1 Å². The number of hydrogen-bond donors (Lipinski definition) is 1. The lowest BCUT2D eigenvalue weighted by atomic mass is 10.0. The van der Waals surface area contributed by atoms with Crippen molar-refractivity contribution in [2.75, 3.05) is 6.54 Å². The van der Waals surface area contributed by atoms with Gasteiger partial charge in [-0.15, -0.1) is 11.3 Å². The lowest BCUT2D eigenvalue weighted by Gasteiger charge is -2.18. The number of thiophene rings is 1. The smallest absolute Gasteiger partial charge is 0.120 e. The fourth-order valence-corrected chi connectivity index (χ4v) is 3.22. The SMILES string of the molecule is CCNC(c1cccc(OC(C)C)c1)c1ccc(C)s1. The van der Waals surface area contributed by atoms with Crippen molar-refractivity contribution in [3.8, 4) is 5.75 Å². The minimum Gasteiger partial charge on any atom is -0.491 e. The van der Waals surface area contributed by atoms with E-state index >= 15 is 0 Å². The fraction of sp³-hybridized carbons (Fsp3) is 0.412. The molecule has 1 aromatic carbocycles. The first kappa shape index (κ1) is 15.1. The molecule has 20 heavy (non-hydrogen) atoms. The molecule has 1 unspecified atom stereocenters. The van der Waals surface area contributed by atoms with E-state index < -0.39 is 0 Å². The highest BCUT2D eigenvalue weighted by Gasteiger charge is 2.15. The van der Waals surface area contributed by atoms with Gasteiger partial charge in [0.15, 0.2) is 0 Å². The van der Waals surface area contributed by atoms with Gasteiger partial charge in [-0.3, -0.25) is 0 Å². The summed E-state index contributed by atoms with van der Waals surface area (Å²) in [4.78, 5) is 2.70. The minimum atomic E-state index is 0.201. The molecule has 3 heteroatoms. The zero-order valence-electron chi connectivity index (χ0n) is 12.6. The highest BCUT2D eigenvalue weighted by atomic mass is 32.1. The Morgan fingerprint density at radius 1 is 1.20 bits per heavy atom. The fourth-order valence-electron chi connectivity index (χ4n) is 2.23. The van der Waals surface area contributed by atoms with Crippen LogP contribution < -0.4 is 10.1 Å². The van der Waals surface area contributed by atoms with Crippen molar-refractivity contribution in [1.29, 1.82) is 0 Å². The van der Waals surface area contributed by atoms with Gasteiger partial charge in [-0.25, -0.2) is 0 Å². The number of nitrogens with one attached hydrogen (secondary N) is 1. The van der Waals surface area contributed by atoms with E-state index in [1.165, 1.54) is 15.3 Å². The molecule has 0 amide bonds. The van der Waals surface area contributed by atoms with Crippen LogP contribution in [0.3, 0.4) is 0 Å². The Bertz CT molecular complexity index is 547. The topological polar surface area (TPSA) is 21.3 Å². The van der Waals surface area contributed by atoms with Crippen molar-refractivity contribution >= 4 is 11.3 Å². The molecule has 0 aliphatic rings. The molecule has 1 N–H and O–H groups in total. The molecule has 1 atom stereocenters. The molecule has 0 saturated carbocycles. The molecular formula is C17H23NOS. The summed E-state index contributed by atoms with van der Waals surface area (Å²) in [6.07, 6.45) is 0.201. The molecule has 0 aliphatic heterocycles. The minimum absolute atomic E-state index is 0.201. The predicted octanol–water partition coefficient (Wildman–Crippen LogP) is 4.54. The van der Waals surface area contributed by atoms with Crippen LogP contribution in [0.25, 0.3) is 0 Å². The maximum Gasteiger partial charge on any atom is 0.120 e. The van der Waals surface area contributed by atoms with E-state index in [1.807, 2.05) is 17.4 Å². The van der Waals surface area contributed by atoms with E-state index in [0.717, 1.165) is 12.3 Å². The summed E-state index contributed by atoms with van der Waals surface area (Å²) in [7, 11) is 0. The Kier molecular flexibility index (Phi) is 5.21. The second-order valence-electron chi connectivity index (χ2n) is 5.18. The first-order valence-corrected chi connectivity index (χ1v) is 7.98. The van der Waals surface area contributed by atoms with Crippen LogP contribution in [0, 0.1) is 6.92 Å². The normalized spacial score (nSPS) is 12.7. The number of ether oxygens (including phenoxy) is 1. The van der Waals surface area contributed by atoms with Crippen LogP contribution in [0.15, 0.2) is 36.4 Å². The summed E-state index contributed by atoms with van der Waals surface area (Å²) >= 11 is 1.85. The Hall–Kier alpha value is -1.32. The van der Waals surface area contributed by atoms with Crippen molar-refractivity contribution in [2.45, 2.75) is 39.8 Å². The lowest BCUT2D eigenvalue weighted by molar-refractivity contribution is 0.242. The molecule has 1 heterocycles. The van der Waals surface area contributed by atoms with Gasteiger partial charge in [0, 0.05) is 9.75 Å². The van der Waals surface area contributed by atoms with Crippen LogP contribution >= 0.6 is 11.3 Å². The Labute approximate surface area is 125 Å².